The molecule has 53 heavy (non-hydrogen) atoms. The maximum absolute atomic E-state index is 14.3. The number of carbonyl (C=O) groups excluding carboxylic acids is 6. The number of halogens is 2. The second-order valence-corrected chi connectivity index (χ2v) is 12.9. The van der Waals surface area contributed by atoms with Crippen molar-refractivity contribution in [3.63, 3.8) is 0 Å². The molecule has 2 saturated heterocycles. The zero-order valence-corrected chi connectivity index (χ0v) is 29.8. The number of benzene rings is 1. The predicted molar refractivity (Wildman–Crippen MR) is 182 cm³/mol. The number of nitrogens with zero attached hydrogens (tertiary/aromatic N) is 5. The number of piperazine rings is 1. The summed E-state index contributed by atoms with van der Waals surface area (Å²) in [7, 11) is 0. The number of esters is 1. The summed E-state index contributed by atoms with van der Waals surface area (Å²) in [4.78, 5) is 82.3. The lowest BCUT2D eigenvalue weighted by Gasteiger charge is -2.35. The molecule has 1 aliphatic carbocycles. The van der Waals surface area contributed by atoms with Crippen molar-refractivity contribution in [2.75, 3.05) is 52.5 Å². The highest BCUT2D eigenvalue weighted by Crippen LogP contribution is 2.24. The van der Waals surface area contributed by atoms with E-state index in [9.17, 15) is 37.5 Å². The Hall–Kier alpha value is -5.29. The lowest BCUT2D eigenvalue weighted by atomic mass is 9.93. The van der Waals surface area contributed by atoms with Gasteiger partial charge in [0, 0.05) is 57.3 Å². The predicted octanol–water partition coefficient (Wildman–Crippen LogP) is 1.93. The van der Waals surface area contributed by atoms with Gasteiger partial charge in [0.15, 0.2) is 23.9 Å². The number of ether oxygens (including phenoxy) is 3. The first-order valence-electron chi connectivity index (χ1n) is 17.9. The van der Waals surface area contributed by atoms with Crippen molar-refractivity contribution in [2.24, 2.45) is 0 Å². The zero-order valence-electron chi connectivity index (χ0n) is 29.8. The largest absolute Gasteiger partial charge is 0.467 e. The van der Waals surface area contributed by atoms with E-state index in [-0.39, 0.29) is 81.4 Å². The van der Waals surface area contributed by atoms with Crippen LogP contribution in [-0.4, -0.2) is 131 Å². The molecule has 3 fully saturated rings. The van der Waals surface area contributed by atoms with Gasteiger partial charge in [0.2, 0.25) is 17.7 Å². The Balaban J connectivity index is 1.32. The van der Waals surface area contributed by atoms with Crippen molar-refractivity contribution in [1.29, 1.82) is 0 Å². The highest BCUT2D eigenvalue weighted by molar-refractivity contribution is 5.96. The first-order valence-corrected chi connectivity index (χ1v) is 17.9. The summed E-state index contributed by atoms with van der Waals surface area (Å²) in [5.74, 6) is -5.15. The van der Waals surface area contributed by atoms with E-state index in [1.807, 2.05) is 0 Å². The van der Waals surface area contributed by atoms with Gasteiger partial charge in [-0.3, -0.25) is 24.0 Å². The molecular formula is C35H45F2N7O9. The van der Waals surface area contributed by atoms with Gasteiger partial charge in [-0.1, -0.05) is 0 Å². The Morgan fingerprint density at radius 1 is 0.887 bits per heavy atom. The number of likely N-dealkylation sites (tertiary alicyclic amines) is 1. The quantitative estimate of drug-likeness (QED) is 0.271. The van der Waals surface area contributed by atoms with E-state index in [4.69, 9.17) is 14.2 Å². The monoisotopic (exact) mass is 745 g/mol. The molecule has 0 spiro atoms. The highest BCUT2D eigenvalue weighted by Gasteiger charge is 2.36. The lowest BCUT2D eigenvalue weighted by molar-refractivity contribution is -0.143. The summed E-state index contributed by atoms with van der Waals surface area (Å²) in [6.07, 6.45) is 3.15. The third-order valence-electron chi connectivity index (χ3n) is 9.39. The number of aromatic nitrogens is 2. The molecule has 1 unspecified atom stereocenters. The van der Waals surface area contributed by atoms with Gasteiger partial charge in [-0.25, -0.2) is 18.3 Å². The van der Waals surface area contributed by atoms with E-state index in [0.717, 1.165) is 36.1 Å². The van der Waals surface area contributed by atoms with E-state index < -0.39 is 60.1 Å². The average Bonchev–Trinajstić information content (AvgIpc) is 3.80. The summed E-state index contributed by atoms with van der Waals surface area (Å²) in [6.45, 7) is 4.15. The lowest BCUT2D eigenvalue weighted by Crippen LogP contribution is -2.56. The van der Waals surface area contributed by atoms with E-state index >= 15 is 0 Å². The SMILES string of the molecule is CCOC(=O)CCC(NC(=O)c1cc(OCC(=O)N2CCC[C@H]2C(=O)NC2CCC2)n(-c2ccc(F)c(F)c2)n1)C(=O)N1CCN(C(=O)OCC)CC1. The van der Waals surface area contributed by atoms with Crippen molar-refractivity contribution >= 4 is 35.7 Å². The third-order valence-corrected chi connectivity index (χ3v) is 9.39. The van der Waals surface area contributed by atoms with Crippen LogP contribution in [0.2, 0.25) is 0 Å². The smallest absolute Gasteiger partial charge is 0.409 e. The van der Waals surface area contributed by atoms with Crippen LogP contribution in [0.15, 0.2) is 24.3 Å². The van der Waals surface area contributed by atoms with Gasteiger partial charge in [-0.15, -0.1) is 0 Å². The molecule has 2 aromatic rings. The van der Waals surface area contributed by atoms with Crippen LogP contribution in [0.25, 0.3) is 5.69 Å². The van der Waals surface area contributed by atoms with E-state index in [1.54, 1.807) is 13.8 Å². The molecule has 16 nitrogen and oxygen atoms in total. The van der Waals surface area contributed by atoms with Crippen LogP contribution in [0.3, 0.4) is 0 Å². The number of rotatable bonds is 14. The van der Waals surface area contributed by atoms with Gasteiger partial charge in [0.05, 0.1) is 18.9 Å². The van der Waals surface area contributed by atoms with Crippen LogP contribution < -0.4 is 15.4 Å². The van der Waals surface area contributed by atoms with Gasteiger partial charge < -0.3 is 39.5 Å². The average molecular weight is 746 g/mol. The van der Waals surface area contributed by atoms with Crippen molar-refractivity contribution in [2.45, 2.75) is 76.9 Å². The van der Waals surface area contributed by atoms with Gasteiger partial charge in [-0.2, -0.15) is 5.10 Å². The summed E-state index contributed by atoms with van der Waals surface area (Å²) in [5, 5.41) is 9.84. The fourth-order valence-electron chi connectivity index (χ4n) is 6.32. The molecular weight excluding hydrogens is 700 g/mol. The molecule has 3 heterocycles. The minimum atomic E-state index is -1.21. The number of carbonyl (C=O) groups is 6. The second-order valence-electron chi connectivity index (χ2n) is 12.9. The Morgan fingerprint density at radius 3 is 2.26 bits per heavy atom. The molecule has 2 atom stereocenters. The highest BCUT2D eigenvalue weighted by atomic mass is 19.2. The van der Waals surface area contributed by atoms with E-state index in [1.165, 1.54) is 26.8 Å². The van der Waals surface area contributed by atoms with Gasteiger partial charge in [-0.05, 0) is 64.5 Å². The van der Waals surface area contributed by atoms with Crippen molar-refractivity contribution in [3.05, 3.63) is 41.6 Å². The minimum absolute atomic E-state index is 0.0290. The van der Waals surface area contributed by atoms with Crippen LogP contribution in [0.1, 0.15) is 69.3 Å². The molecule has 5 amide bonds. The fourth-order valence-corrected chi connectivity index (χ4v) is 6.32. The first kappa shape index (κ1) is 38.9. The minimum Gasteiger partial charge on any atom is -0.467 e. The van der Waals surface area contributed by atoms with Crippen molar-refractivity contribution < 1.29 is 51.8 Å². The summed E-state index contributed by atoms with van der Waals surface area (Å²) in [5.41, 5.74) is -0.323. The Labute approximate surface area is 305 Å². The summed E-state index contributed by atoms with van der Waals surface area (Å²) < 4.78 is 45.0. The van der Waals surface area contributed by atoms with E-state index in [0.29, 0.717) is 19.4 Å². The van der Waals surface area contributed by atoms with Crippen LogP contribution in [0.5, 0.6) is 5.88 Å². The van der Waals surface area contributed by atoms with Crippen molar-refractivity contribution in [3.8, 4) is 11.6 Å². The number of amides is 5. The third kappa shape index (κ3) is 9.78. The second kappa shape index (κ2) is 18.0. The number of nitrogens with one attached hydrogen (secondary N) is 2. The fraction of sp³-hybridized carbons (Fsp3) is 0.571. The Kier molecular flexibility index (Phi) is 13.2. The number of hydrogen-bond acceptors (Lipinski definition) is 10. The zero-order chi connectivity index (χ0) is 38.1. The molecule has 5 rings (SSSR count). The molecule has 0 bridgehead atoms. The summed E-state index contributed by atoms with van der Waals surface area (Å²) in [6, 6.07) is 2.32. The van der Waals surface area contributed by atoms with Crippen LogP contribution >= 0.6 is 0 Å². The molecule has 288 valence electrons. The Morgan fingerprint density at radius 2 is 1.60 bits per heavy atom. The standard InChI is InChI=1S/C35H45F2N7O9/c1-3-51-31(46)13-12-26(34(49)41-15-17-42(18-16-41)35(50)52-4-2)39-32(47)27-20-30(44(40-27)23-10-11-24(36)25(37)19-23)53-21-29(45)43-14-6-9-28(43)33(48)38-22-7-5-8-22/h10-11,19-20,22,26,28H,3-9,12-18,21H2,1-2H3,(H,38,48)(H,39,47)/t26?,28-/m0/s1. The molecule has 1 aromatic heterocycles. The molecule has 2 N–H and O–H groups in total. The van der Waals surface area contributed by atoms with Gasteiger partial charge >= 0.3 is 12.1 Å². The van der Waals surface area contributed by atoms with Gasteiger partial charge in [0.25, 0.3) is 11.8 Å². The number of hydrogen-bond donors (Lipinski definition) is 2. The maximum Gasteiger partial charge on any atom is 0.409 e. The van der Waals surface area contributed by atoms with Gasteiger partial charge in [0.1, 0.15) is 12.1 Å². The first-order chi connectivity index (χ1) is 25.5. The van der Waals surface area contributed by atoms with Crippen molar-refractivity contribution in [1.82, 2.24) is 35.1 Å². The van der Waals surface area contributed by atoms with Crippen LogP contribution in [0.4, 0.5) is 13.6 Å². The molecule has 0 radical (unpaired) electrons. The molecule has 1 saturated carbocycles. The molecule has 18 heteroatoms. The molecule has 2 aliphatic heterocycles. The van der Waals surface area contributed by atoms with E-state index in [2.05, 4.69) is 15.7 Å². The van der Waals surface area contributed by atoms with Crippen LogP contribution in [-0.2, 0) is 28.7 Å². The Bertz CT molecular complexity index is 1680. The molecule has 3 aliphatic rings. The molecule has 1 aromatic carbocycles. The topological polar surface area (TPSA) is 182 Å². The normalized spacial score (nSPS) is 17.8. The van der Waals surface area contributed by atoms with Crippen LogP contribution in [0, 0.1) is 11.6 Å². The maximum atomic E-state index is 14.3. The summed E-state index contributed by atoms with van der Waals surface area (Å²) >= 11 is 0.